The Kier molecular flexibility index (Phi) is 4.69. The van der Waals surface area contributed by atoms with Crippen LogP contribution in [0.2, 0.25) is 0 Å². The van der Waals surface area contributed by atoms with Crippen LogP contribution >= 0.6 is 11.3 Å². The van der Waals surface area contributed by atoms with Crippen molar-refractivity contribution in [2.75, 3.05) is 5.32 Å². The number of hydrogen-bond donors (Lipinski definition) is 1. The molecule has 0 saturated carbocycles. The lowest BCUT2D eigenvalue weighted by Crippen LogP contribution is -2.16. The van der Waals surface area contributed by atoms with Crippen molar-refractivity contribution >= 4 is 28.7 Å². The van der Waals surface area contributed by atoms with Gasteiger partial charge in [0.1, 0.15) is 11.5 Å². The molecule has 3 aromatic heterocycles. The van der Waals surface area contributed by atoms with Gasteiger partial charge in [-0.05, 0) is 38.1 Å². The monoisotopic (exact) mass is 409 g/mol. The topological polar surface area (TPSA) is 116 Å². The van der Waals surface area contributed by atoms with Gasteiger partial charge in [-0.3, -0.25) is 14.9 Å². The highest BCUT2D eigenvalue weighted by atomic mass is 32.1. The molecule has 146 valence electrons. The van der Waals surface area contributed by atoms with Crippen LogP contribution in [0.25, 0.3) is 16.5 Å². The van der Waals surface area contributed by atoms with Crippen molar-refractivity contribution in [1.82, 2.24) is 14.8 Å². The lowest BCUT2D eigenvalue weighted by atomic mass is 10.3. The van der Waals surface area contributed by atoms with Crippen LogP contribution in [0, 0.1) is 24.0 Å². The Morgan fingerprint density at radius 3 is 2.66 bits per heavy atom. The number of aryl methyl sites for hydroxylation is 2. The molecule has 0 aliphatic carbocycles. The van der Waals surface area contributed by atoms with Gasteiger partial charge >= 0.3 is 0 Å². The van der Waals surface area contributed by atoms with Gasteiger partial charge in [-0.2, -0.15) is 5.10 Å². The first-order chi connectivity index (χ1) is 13.9. The number of aromatic nitrogens is 3. The lowest BCUT2D eigenvalue weighted by Gasteiger charge is -2.08. The fourth-order valence-electron chi connectivity index (χ4n) is 2.79. The number of carbonyl (C=O) groups is 1. The molecule has 29 heavy (non-hydrogen) atoms. The second-order valence-corrected chi connectivity index (χ2v) is 7.41. The molecule has 0 fully saturated rings. The summed E-state index contributed by atoms with van der Waals surface area (Å²) in [7, 11) is 0. The SMILES string of the molecule is Cc1cc(NC(=O)c2nc(-c3ccco3)sc2C)n(-c2ccc([N+](=O)[O-])cc2)n1. The van der Waals surface area contributed by atoms with E-state index in [9.17, 15) is 14.9 Å². The van der Waals surface area contributed by atoms with Gasteiger partial charge in [-0.1, -0.05) is 0 Å². The highest BCUT2D eigenvalue weighted by Gasteiger charge is 2.20. The molecule has 4 rings (SSSR count). The molecule has 4 aromatic rings. The summed E-state index contributed by atoms with van der Waals surface area (Å²) in [6.45, 7) is 3.61. The third-order valence-electron chi connectivity index (χ3n) is 4.12. The molecule has 1 aromatic carbocycles. The molecule has 0 unspecified atom stereocenters. The van der Waals surface area contributed by atoms with E-state index in [4.69, 9.17) is 4.42 Å². The summed E-state index contributed by atoms with van der Waals surface area (Å²) in [5, 5.41) is 18.7. The van der Waals surface area contributed by atoms with E-state index < -0.39 is 4.92 Å². The highest BCUT2D eigenvalue weighted by molar-refractivity contribution is 7.15. The first-order valence-electron chi connectivity index (χ1n) is 8.56. The maximum absolute atomic E-state index is 12.8. The van der Waals surface area contributed by atoms with Crippen LogP contribution in [-0.4, -0.2) is 25.6 Å². The van der Waals surface area contributed by atoms with Crippen LogP contribution in [0.15, 0.2) is 53.1 Å². The van der Waals surface area contributed by atoms with E-state index in [0.717, 1.165) is 4.88 Å². The molecule has 3 heterocycles. The number of nitro groups is 1. The maximum atomic E-state index is 12.8. The smallest absolute Gasteiger partial charge is 0.276 e. The van der Waals surface area contributed by atoms with Crippen molar-refractivity contribution in [1.29, 1.82) is 0 Å². The number of rotatable bonds is 5. The molecule has 0 saturated heterocycles. The molecule has 0 bridgehead atoms. The number of non-ortho nitro benzene ring substituents is 1. The number of thiazole rings is 1. The summed E-state index contributed by atoms with van der Waals surface area (Å²) in [6.07, 6.45) is 1.55. The quantitative estimate of drug-likeness (QED) is 0.386. The first kappa shape index (κ1) is 18.6. The molecule has 10 heteroatoms. The van der Waals surface area contributed by atoms with E-state index in [0.29, 0.717) is 33.7 Å². The van der Waals surface area contributed by atoms with Crippen molar-refractivity contribution < 1.29 is 14.1 Å². The number of nitrogens with one attached hydrogen (secondary N) is 1. The summed E-state index contributed by atoms with van der Waals surface area (Å²) in [5.74, 6) is 0.664. The lowest BCUT2D eigenvalue weighted by molar-refractivity contribution is -0.384. The predicted octanol–water partition coefficient (Wildman–Crippen LogP) is 4.37. The normalized spacial score (nSPS) is 10.8. The van der Waals surface area contributed by atoms with Gasteiger partial charge in [0, 0.05) is 23.1 Å². The zero-order valence-corrected chi connectivity index (χ0v) is 16.3. The van der Waals surface area contributed by atoms with Gasteiger partial charge in [0.2, 0.25) is 0 Å². The van der Waals surface area contributed by atoms with Crippen molar-refractivity contribution in [2.45, 2.75) is 13.8 Å². The molecule has 0 aliphatic rings. The van der Waals surface area contributed by atoms with E-state index in [-0.39, 0.29) is 11.6 Å². The Balaban J connectivity index is 1.62. The van der Waals surface area contributed by atoms with Gasteiger partial charge in [-0.15, -0.1) is 11.3 Å². The van der Waals surface area contributed by atoms with Gasteiger partial charge in [0.25, 0.3) is 11.6 Å². The standard InChI is InChI=1S/C19H15N5O4S/c1-11-10-16(23(22-11)13-5-7-14(8-6-13)24(26)27)20-18(25)17-12(2)29-19(21-17)15-4-3-9-28-15/h3-10H,1-2H3,(H,20,25). The van der Waals surface area contributed by atoms with Crippen LogP contribution in [-0.2, 0) is 0 Å². The number of nitro benzene ring substituents is 1. The van der Waals surface area contributed by atoms with Crippen LogP contribution in [0.4, 0.5) is 11.5 Å². The summed E-state index contributed by atoms with van der Waals surface area (Å²) < 4.78 is 6.87. The van der Waals surface area contributed by atoms with E-state index >= 15 is 0 Å². The van der Waals surface area contributed by atoms with Crippen molar-refractivity contribution in [3.8, 4) is 16.5 Å². The summed E-state index contributed by atoms with van der Waals surface area (Å²) in [4.78, 5) is 28.4. The molecule has 9 nitrogen and oxygen atoms in total. The number of benzene rings is 1. The van der Waals surface area contributed by atoms with Gasteiger partial charge in [-0.25, -0.2) is 9.67 Å². The van der Waals surface area contributed by atoms with E-state index in [1.54, 1.807) is 43.5 Å². The fourth-order valence-corrected chi connectivity index (χ4v) is 3.67. The minimum atomic E-state index is -0.470. The Hall–Kier alpha value is -3.79. The second kappa shape index (κ2) is 7.32. The second-order valence-electron chi connectivity index (χ2n) is 6.21. The molecular formula is C19H15N5O4S. The number of nitrogens with zero attached hydrogens (tertiary/aromatic N) is 4. The highest BCUT2D eigenvalue weighted by Crippen LogP contribution is 2.28. The molecule has 0 atom stereocenters. The molecule has 0 spiro atoms. The minimum absolute atomic E-state index is 0.0215. The maximum Gasteiger partial charge on any atom is 0.276 e. The first-order valence-corrected chi connectivity index (χ1v) is 9.38. The Morgan fingerprint density at radius 2 is 2.00 bits per heavy atom. The minimum Gasteiger partial charge on any atom is -0.462 e. The predicted molar refractivity (Wildman–Crippen MR) is 107 cm³/mol. The summed E-state index contributed by atoms with van der Waals surface area (Å²) >= 11 is 1.37. The van der Waals surface area contributed by atoms with Crippen LogP contribution < -0.4 is 5.32 Å². The Bertz CT molecular complexity index is 1190. The Morgan fingerprint density at radius 1 is 1.24 bits per heavy atom. The number of hydrogen-bond acceptors (Lipinski definition) is 7. The van der Waals surface area contributed by atoms with Gasteiger partial charge in [0.15, 0.2) is 10.8 Å². The van der Waals surface area contributed by atoms with Crippen LogP contribution in [0.3, 0.4) is 0 Å². The fraction of sp³-hybridized carbons (Fsp3) is 0.105. The molecule has 1 amide bonds. The number of carbonyl (C=O) groups excluding carboxylic acids is 1. The zero-order chi connectivity index (χ0) is 20.5. The summed E-state index contributed by atoms with van der Waals surface area (Å²) in [6, 6.07) is 11.2. The van der Waals surface area contributed by atoms with E-state index in [1.807, 2.05) is 6.92 Å². The van der Waals surface area contributed by atoms with Crippen LogP contribution in [0.1, 0.15) is 21.1 Å². The Labute approximate surface area is 168 Å². The largest absolute Gasteiger partial charge is 0.462 e. The van der Waals surface area contributed by atoms with Crippen molar-refractivity contribution in [3.63, 3.8) is 0 Å². The zero-order valence-electron chi connectivity index (χ0n) is 15.4. The molecular weight excluding hydrogens is 394 g/mol. The molecule has 0 aliphatic heterocycles. The molecule has 0 radical (unpaired) electrons. The van der Waals surface area contributed by atoms with E-state index in [2.05, 4.69) is 15.4 Å². The van der Waals surface area contributed by atoms with Gasteiger partial charge < -0.3 is 9.73 Å². The van der Waals surface area contributed by atoms with Crippen molar-refractivity contribution in [3.05, 3.63) is 75.1 Å². The number of anilines is 1. The van der Waals surface area contributed by atoms with Gasteiger partial charge in [0.05, 0.1) is 22.6 Å². The average Bonchev–Trinajstić information content (AvgIpc) is 3.42. The number of amides is 1. The third-order valence-corrected chi connectivity index (χ3v) is 5.11. The molecule has 1 N–H and O–H groups in total. The van der Waals surface area contributed by atoms with E-state index in [1.165, 1.54) is 28.2 Å². The number of furan rings is 1. The van der Waals surface area contributed by atoms with Crippen molar-refractivity contribution in [2.24, 2.45) is 0 Å². The average molecular weight is 409 g/mol. The van der Waals surface area contributed by atoms with Crippen LogP contribution in [0.5, 0.6) is 0 Å². The summed E-state index contributed by atoms with van der Waals surface area (Å²) in [5.41, 5.74) is 1.55. The third kappa shape index (κ3) is 3.65.